The zero-order chi connectivity index (χ0) is 14.0. The molecule has 0 bridgehead atoms. The smallest absolute Gasteiger partial charge is 0.138 e. The molecule has 1 aliphatic heterocycles. The molecule has 19 heavy (non-hydrogen) atoms. The molecule has 1 saturated heterocycles. The van der Waals surface area contributed by atoms with E-state index in [0.29, 0.717) is 28.7 Å². The van der Waals surface area contributed by atoms with Crippen LogP contribution in [0.25, 0.3) is 0 Å². The molecule has 1 aliphatic rings. The molecule has 2 rings (SSSR count). The number of phenols is 1. The van der Waals surface area contributed by atoms with Crippen molar-refractivity contribution < 1.29 is 5.11 Å². The van der Waals surface area contributed by atoms with Gasteiger partial charge in [-0.15, -0.1) is 0 Å². The molecule has 1 aromatic rings. The normalized spacial score (nSPS) is 24.6. The third kappa shape index (κ3) is 3.54. The molecule has 1 fully saturated rings. The maximum atomic E-state index is 9.93. The number of piperidine rings is 1. The van der Waals surface area contributed by atoms with Gasteiger partial charge in [0.05, 0.1) is 5.02 Å². The van der Waals surface area contributed by atoms with Crippen LogP contribution in [0.15, 0.2) is 12.1 Å². The summed E-state index contributed by atoms with van der Waals surface area (Å²) in [6.07, 6.45) is 3.66. The fraction of sp³-hybridized carbons (Fsp3) is 0.571. The van der Waals surface area contributed by atoms with Crippen LogP contribution in [0, 0.1) is 0 Å². The lowest BCUT2D eigenvalue weighted by atomic mass is 10.00. The largest absolute Gasteiger partial charge is 0.506 e. The molecule has 0 aliphatic carbocycles. The highest BCUT2D eigenvalue weighted by Gasteiger charge is 2.24. The van der Waals surface area contributed by atoms with E-state index in [-0.39, 0.29) is 5.75 Å². The number of nitrogens with one attached hydrogen (secondary N) is 1. The highest BCUT2D eigenvalue weighted by atomic mass is 35.5. The SMILES string of the molecule is CC1CCCC(C)N1NCc1cc(Cl)cc(Cl)c1O. The summed E-state index contributed by atoms with van der Waals surface area (Å²) in [5, 5.41) is 13.0. The van der Waals surface area contributed by atoms with Gasteiger partial charge in [-0.05, 0) is 38.8 Å². The number of nitrogens with zero attached hydrogens (tertiary/aromatic N) is 1. The monoisotopic (exact) mass is 302 g/mol. The molecule has 2 N–H and O–H groups in total. The average Bonchev–Trinajstić information content (AvgIpc) is 2.34. The Morgan fingerprint density at radius 1 is 1.26 bits per heavy atom. The van der Waals surface area contributed by atoms with E-state index >= 15 is 0 Å². The van der Waals surface area contributed by atoms with Crippen LogP contribution in [0.1, 0.15) is 38.7 Å². The minimum atomic E-state index is 0.107. The van der Waals surface area contributed by atoms with Crippen molar-refractivity contribution in [3.63, 3.8) is 0 Å². The van der Waals surface area contributed by atoms with Crippen LogP contribution in [0.2, 0.25) is 10.0 Å². The molecule has 2 unspecified atom stereocenters. The van der Waals surface area contributed by atoms with Crippen molar-refractivity contribution in [3.8, 4) is 5.75 Å². The van der Waals surface area contributed by atoms with Gasteiger partial charge in [-0.3, -0.25) is 5.43 Å². The Kier molecular flexibility index (Phi) is 4.96. The third-order valence-corrected chi connectivity index (χ3v) is 4.26. The molecule has 0 saturated carbocycles. The van der Waals surface area contributed by atoms with Gasteiger partial charge in [-0.1, -0.05) is 29.6 Å². The standard InChI is InChI=1S/C14H20Cl2N2O/c1-9-4-3-5-10(2)18(9)17-8-11-6-12(15)7-13(16)14(11)19/h6-7,9-10,17,19H,3-5,8H2,1-2H3. The Bertz CT molecular complexity index is 443. The van der Waals surface area contributed by atoms with E-state index in [1.54, 1.807) is 12.1 Å². The number of benzene rings is 1. The van der Waals surface area contributed by atoms with Crippen molar-refractivity contribution in [2.24, 2.45) is 0 Å². The van der Waals surface area contributed by atoms with E-state index < -0.39 is 0 Å². The van der Waals surface area contributed by atoms with E-state index in [1.807, 2.05) is 0 Å². The van der Waals surface area contributed by atoms with Gasteiger partial charge in [-0.2, -0.15) is 0 Å². The number of hydrazine groups is 1. The van der Waals surface area contributed by atoms with Gasteiger partial charge in [-0.25, -0.2) is 5.01 Å². The van der Waals surface area contributed by atoms with E-state index in [1.165, 1.54) is 19.3 Å². The first-order valence-electron chi connectivity index (χ1n) is 6.67. The molecule has 0 spiro atoms. The first-order chi connectivity index (χ1) is 8.99. The molecule has 0 amide bonds. The predicted octanol–water partition coefficient (Wildman–Crippen LogP) is 3.97. The fourth-order valence-corrected chi connectivity index (χ4v) is 3.20. The fourth-order valence-electron chi connectivity index (χ4n) is 2.66. The number of hydrogen-bond donors (Lipinski definition) is 2. The third-order valence-electron chi connectivity index (χ3n) is 3.75. The maximum absolute atomic E-state index is 9.93. The number of aromatic hydroxyl groups is 1. The van der Waals surface area contributed by atoms with Gasteiger partial charge in [0, 0.05) is 29.2 Å². The van der Waals surface area contributed by atoms with Crippen LogP contribution >= 0.6 is 23.2 Å². The number of hydrogen-bond acceptors (Lipinski definition) is 3. The topological polar surface area (TPSA) is 35.5 Å². The highest BCUT2D eigenvalue weighted by molar-refractivity contribution is 6.35. The van der Waals surface area contributed by atoms with Crippen molar-refractivity contribution in [3.05, 3.63) is 27.7 Å². The van der Waals surface area contributed by atoms with Gasteiger partial charge in [0.15, 0.2) is 0 Å². The van der Waals surface area contributed by atoms with Crippen LogP contribution in [-0.4, -0.2) is 22.2 Å². The second-order valence-corrected chi connectivity index (χ2v) is 6.11. The second-order valence-electron chi connectivity index (χ2n) is 5.27. The molecule has 5 heteroatoms. The predicted molar refractivity (Wildman–Crippen MR) is 79.6 cm³/mol. The first-order valence-corrected chi connectivity index (χ1v) is 7.43. The van der Waals surface area contributed by atoms with Gasteiger partial charge in [0.2, 0.25) is 0 Å². The van der Waals surface area contributed by atoms with E-state index in [9.17, 15) is 5.11 Å². The quantitative estimate of drug-likeness (QED) is 0.887. The lowest BCUT2D eigenvalue weighted by Gasteiger charge is -2.39. The summed E-state index contributed by atoms with van der Waals surface area (Å²) in [4.78, 5) is 0. The van der Waals surface area contributed by atoms with Gasteiger partial charge < -0.3 is 5.11 Å². The van der Waals surface area contributed by atoms with Crippen molar-refractivity contribution in [2.45, 2.75) is 51.7 Å². The Hall–Kier alpha value is -0.480. The number of rotatable bonds is 3. The average molecular weight is 303 g/mol. The molecule has 0 aromatic heterocycles. The lowest BCUT2D eigenvalue weighted by Crippen LogP contribution is -2.51. The molecule has 3 nitrogen and oxygen atoms in total. The highest BCUT2D eigenvalue weighted by Crippen LogP contribution is 2.31. The maximum Gasteiger partial charge on any atom is 0.138 e. The second kappa shape index (κ2) is 6.31. The summed E-state index contributed by atoms with van der Waals surface area (Å²) in [5.41, 5.74) is 4.11. The summed E-state index contributed by atoms with van der Waals surface area (Å²) < 4.78 is 0. The molecule has 2 atom stereocenters. The van der Waals surface area contributed by atoms with E-state index in [4.69, 9.17) is 23.2 Å². The molecule has 1 aromatic carbocycles. The van der Waals surface area contributed by atoms with Crippen LogP contribution in [-0.2, 0) is 6.54 Å². The van der Waals surface area contributed by atoms with Gasteiger partial charge >= 0.3 is 0 Å². The van der Waals surface area contributed by atoms with Crippen molar-refractivity contribution in [1.29, 1.82) is 0 Å². The van der Waals surface area contributed by atoms with E-state index in [2.05, 4.69) is 24.3 Å². The van der Waals surface area contributed by atoms with Crippen molar-refractivity contribution >= 4 is 23.2 Å². The molecule has 1 heterocycles. The minimum Gasteiger partial charge on any atom is -0.506 e. The van der Waals surface area contributed by atoms with Gasteiger partial charge in [0.25, 0.3) is 0 Å². The van der Waals surface area contributed by atoms with Crippen molar-refractivity contribution in [2.75, 3.05) is 0 Å². The van der Waals surface area contributed by atoms with Crippen LogP contribution in [0.4, 0.5) is 0 Å². The molecular weight excluding hydrogens is 283 g/mol. The Labute approximate surface area is 124 Å². The van der Waals surface area contributed by atoms with Crippen LogP contribution < -0.4 is 5.43 Å². The lowest BCUT2D eigenvalue weighted by molar-refractivity contribution is 0.0433. The summed E-state index contributed by atoms with van der Waals surface area (Å²) >= 11 is 11.9. The molecule has 0 radical (unpaired) electrons. The Morgan fingerprint density at radius 2 is 1.89 bits per heavy atom. The van der Waals surface area contributed by atoms with Gasteiger partial charge in [0.1, 0.15) is 5.75 Å². The zero-order valence-corrected chi connectivity index (χ0v) is 12.8. The molecule has 106 valence electrons. The summed E-state index contributed by atoms with van der Waals surface area (Å²) in [5.74, 6) is 0.107. The summed E-state index contributed by atoms with van der Waals surface area (Å²) in [7, 11) is 0. The molecular formula is C14H20Cl2N2O. The van der Waals surface area contributed by atoms with E-state index in [0.717, 1.165) is 5.56 Å². The Morgan fingerprint density at radius 3 is 2.53 bits per heavy atom. The summed E-state index contributed by atoms with van der Waals surface area (Å²) in [6, 6.07) is 4.30. The number of halogens is 2. The zero-order valence-electron chi connectivity index (χ0n) is 11.3. The Balaban J connectivity index is 2.06. The minimum absolute atomic E-state index is 0.107. The van der Waals surface area contributed by atoms with Crippen molar-refractivity contribution in [1.82, 2.24) is 10.4 Å². The van der Waals surface area contributed by atoms with Crippen LogP contribution in [0.5, 0.6) is 5.75 Å². The van der Waals surface area contributed by atoms with Crippen LogP contribution in [0.3, 0.4) is 0 Å². The summed E-state index contributed by atoms with van der Waals surface area (Å²) in [6.45, 7) is 4.96. The first kappa shape index (κ1) is 14.9. The number of phenolic OH excluding ortho intramolecular Hbond substituents is 1.